The van der Waals surface area contributed by atoms with Crippen LogP contribution in [0.1, 0.15) is 18.1 Å². The summed E-state index contributed by atoms with van der Waals surface area (Å²) in [7, 11) is 0. The first-order valence-electron chi connectivity index (χ1n) is 9.58. The molecule has 0 radical (unpaired) electrons. The van der Waals surface area contributed by atoms with E-state index in [1.54, 1.807) is 37.3 Å². The Balaban J connectivity index is 1.83. The number of ether oxygens (including phenoxy) is 2. The predicted octanol–water partition coefficient (Wildman–Crippen LogP) is 7.68. The van der Waals surface area contributed by atoms with Gasteiger partial charge in [-0.2, -0.15) is 13.2 Å². The van der Waals surface area contributed by atoms with E-state index in [0.29, 0.717) is 23.7 Å². The number of halogens is 4. The van der Waals surface area contributed by atoms with Crippen LogP contribution in [0.3, 0.4) is 0 Å². The average Bonchev–Trinajstić information content (AvgIpc) is 2.74. The summed E-state index contributed by atoms with van der Waals surface area (Å²) < 4.78 is 65.4. The van der Waals surface area contributed by atoms with Crippen LogP contribution >= 0.6 is 0 Å². The second kappa shape index (κ2) is 9.98. The van der Waals surface area contributed by atoms with E-state index in [-0.39, 0.29) is 11.3 Å². The number of hydrogen-bond acceptors (Lipinski definition) is 2. The molecule has 2 nitrogen and oxygen atoms in total. The van der Waals surface area contributed by atoms with Gasteiger partial charge < -0.3 is 9.47 Å². The number of allylic oxidation sites excluding steroid dienone is 3. The van der Waals surface area contributed by atoms with E-state index in [2.05, 4.69) is 0 Å². The van der Waals surface area contributed by atoms with Crippen molar-refractivity contribution in [2.24, 2.45) is 0 Å². The third kappa shape index (κ3) is 6.22. The van der Waals surface area contributed by atoms with Gasteiger partial charge in [-0.15, -0.1) is 0 Å². The van der Waals surface area contributed by atoms with Gasteiger partial charge in [-0.25, -0.2) is 4.39 Å². The van der Waals surface area contributed by atoms with Crippen molar-refractivity contribution < 1.29 is 27.0 Å². The Morgan fingerprint density at radius 3 is 2.26 bits per heavy atom. The van der Waals surface area contributed by atoms with Crippen LogP contribution in [-0.2, 0) is 0 Å². The zero-order chi connectivity index (χ0) is 22.3. The molecule has 160 valence electrons. The van der Waals surface area contributed by atoms with Gasteiger partial charge in [-0.1, -0.05) is 48.6 Å². The SMILES string of the molecule is CCOc1ccc(C(=CC=Cc2ccc(F)c(Oc3ccccc3)c2)C(F)(F)F)cc1. The second-order valence-electron chi connectivity index (χ2n) is 6.50. The molecule has 0 aliphatic heterocycles. The molecule has 3 aromatic rings. The molecule has 0 bridgehead atoms. The maximum absolute atomic E-state index is 14.1. The fraction of sp³-hybridized carbons (Fsp3) is 0.120. The van der Waals surface area contributed by atoms with Crippen LogP contribution in [-0.4, -0.2) is 12.8 Å². The summed E-state index contributed by atoms with van der Waals surface area (Å²) in [6.45, 7) is 2.23. The fourth-order valence-electron chi connectivity index (χ4n) is 2.82. The number of rotatable bonds is 7. The molecule has 0 atom stereocenters. The number of para-hydroxylation sites is 1. The lowest BCUT2D eigenvalue weighted by atomic mass is 10.0. The Labute approximate surface area is 178 Å². The summed E-state index contributed by atoms with van der Waals surface area (Å²) in [6.07, 6.45) is -0.824. The van der Waals surface area contributed by atoms with Crippen molar-refractivity contribution >= 4 is 11.6 Å². The van der Waals surface area contributed by atoms with Crippen LogP contribution in [0.5, 0.6) is 17.2 Å². The first-order valence-corrected chi connectivity index (χ1v) is 9.58. The summed E-state index contributed by atoms with van der Waals surface area (Å²) in [5.74, 6) is 0.375. The molecule has 0 aliphatic rings. The molecule has 0 saturated heterocycles. The monoisotopic (exact) mass is 428 g/mol. The quantitative estimate of drug-likeness (QED) is 0.284. The van der Waals surface area contributed by atoms with E-state index >= 15 is 0 Å². The standard InChI is InChI=1S/C25H20F4O2/c1-2-30-20-14-12-19(13-15-20)22(25(27,28)29)10-6-7-18-11-16-23(26)24(17-18)31-21-8-4-3-5-9-21/h3-17H,2H2,1H3. The lowest BCUT2D eigenvalue weighted by Crippen LogP contribution is -2.10. The smallest absolute Gasteiger partial charge is 0.416 e. The number of hydrogen-bond donors (Lipinski definition) is 0. The number of alkyl halides is 3. The largest absolute Gasteiger partial charge is 0.494 e. The molecule has 0 saturated carbocycles. The van der Waals surface area contributed by atoms with E-state index in [4.69, 9.17) is 9.47 Å². The highest BCUT2D eigenvalue weighted by Crippen LogP contribution is 2.35. The molecule has 3 rings (SSSR count). The van der Waals surface area contributed by atoms with Gasteiger partial charge in [-0.05, 0) is 60.5 Å². The van der Waals surface area contributed by atoms with Gasteiger partial charge in [0.1, 0.15) is 11.5 Å². The molecule has 31 heavy (non-hydrogen) atoms. The molecule has 0 aliphatic carbocycles. The summed E-state index contributed by atoms with van der Waals surface area (Å²) in [5, 5.41) is 0. The summed E-state index contributed by atoms with van der Waals surface area (Å²) in [5.41, 5.74) is -0.278. The minimum absolute atomic E-state index is 0.0140. The van der Waals surface area contributed by atoms with Crippen molar-refractivity contribution in [3.63, 3.8) is 0 Å². The van der Waals surface area contributed by atoms with Gasteiger partial charge in [-0.3, -0.25) is 0 Å². The molecule has 0 aromatic heterocycles. The third-order valence-corrected chi connectivity index (χ3v) is 4.26. The van der Waals surface area contributed by atoms with Gasteiger partial charge in [0.2, 0.25) is 0 Å². The molecule has 0 fully saturated rings. The van der Waals surface area contributed by atoms with Gasteiger partial charge in [0, 0.05) is 0 Å². The van der Waals surface area contributed by atoms with E-state index in [9.17, 15) is 17.6 Å². The molecule has 0 heterocycles. The van der Waals surface area contributed by atoms with Crippen LogP contribution in [0.15, 0.2) is 84.9 Å². The molecule has 6 heteroatoms. The molecule has 3 aromatic carbocycles. The van der Waals surface area contributed by atoms with E-state index < -0.39 is 17.6 Å². The fourth-order valence-corrected chi connectivity index (χ4v) is 2.82. The topological polar surface area (TPSA) is 18.5 Å². The molecule has 0 spiro atoms. The average molecular weight is 428 g/mol. The summed E-state index contributed by atoms with van der Waals surface area (Å²) in [6, 6.07) is 18.5. The van der Waals surface area contributed by atoms with Crippen LogP contribution in [0.4, 0.5) is 17.6 Å². The minimum Gasteiger partial charge on any atom is -0.494 e. The Kier molecular flexibility index (Phi) is 7.13. The van der Waals surface area contributed by atoms with Crippen molar-refractivity contribution in [1.82, 2.24) is 0 Å². The van der Waals surface area contributed by atoms with Gasteiger partial charge in [0.25, 0.3) is 0 Å². The maximum atomic E-state index is 14.1. The van der Waals surface area contributed by atoms with Gasteiger partial charge >= 0.3 is 6.18 Å². The lowest BCUT2D eigenvalue weighted by Gasteiger charge is -2.12. The van der Waals surface area contributed by atoms with Crippen molar-refractivity contribution in [3.05, 3.63) is 102 Å². The highest BCUT2D eigenvalue weighted by molar-refractivity contribution is 5.72. The third-order valence-electron chi connectivity index (χ3n) is 4.26. The zero-order valence-electron chi connectivity index (χ0n) is 16.7. The molecule has 0 amide bonds. The van der Waals surface area contributed by atoms with E-state index in [1.165, 1.54) is 54.6 Å². The van der Waals surface area contributed by atoms with Crippen molar-refractivity contribution in [1.29, 1.82) is 0 Å². The Hall–Kier alpha value is -3.54. The van der Waals surface area contributed by atoms with Crippen molar-refractivity contribution in [3.8, 4) is 17.2 Å². The second-order valence-corrected chi connectivity index (χ2v) is 6.50. The minimum atomic E-state index is -4.54. The predicted molar refractivity (Wildman–Crippen MR) is 114 cm³/mol. The highest BCUT2D eigenvalue weighted by Gasteiger charge is 2.34. The Morgan fingerprint density at radius 1 is 0.903 bits per heavy atom. The summed E-state index contributed by atoms with van der Waals surface area (Å²) in [4.78, 5) is 0. The van der Waals surface area contributed by atoms with Crippen LogP contribution < -0.4 is 9.47 Å². The first kappa shape index (κ1) is 22.2. The molecule has 0 N–H and O–H groups in total. The normalized spacial score (nSPS) is 12.2. The van der Waals surface area contributed by atoms with E-state index in [1.807, 2.05) is 0 Å². The molecular formula is C25H20F4O2. The van der Waals surface area contributed by atoms with Crippen molar-refractivity contribution in [2.45, 2.75) is 13.1 Å². The van der Waals surface area contributed by atoms with Gasteiger partial charge in [0.05, 0.1) is 12.2 Å². The Bertz CT molecular complexity index is 1050. The molecule has 0 unspecified atom stereocenters. The van der Waals surface area contributed by atoms with Crippen molar-refractivity contribution in [2.75, 3.05) is 6.61 Å². The molecular weight excluding hydrogens is 408 g/mol. The maximum Gasteiger partial charge on any atom is 0.416 e. The van der Waals surface area contributed by atoms with Gasteiger partial charge in [0.15, 0.2) is 11.6 Å². The first-order chi connectivity index (χ1) is 14.9. The van der Waals surface area contributed by atoms with E-state index in [0.717, 1.165) is 6.08 Å². The number of benzene rings is 3. The van der Waals surface area contributed by atoms with Crippen LogP contribution in [0.2, 0.25) is 0 Å². The summed E-state index contributed by atoms with van der Waals surface area (Å²) >= 11 is 0. The van der Waals surface area contributed by atoms with Crippen LogP contribution in [0, 0.1) is 5.82 Å². The Morgan fingerprint density at radius 2 is 1.61 bits per heavy atom. The lowest BCUT2D eigenvalue weighted by molar-refractivity contribution is -0.0689. The zero-order valence-corrected chi connectivity index (χ0v) is 16.7. The van der Waals surface area contributed by atoms with Crippen LogP contribution in [0.25, 0.3) is 11.6 Å². The highest BCUT2D eigenvalue weighted by atomic mass is 19.4.